The molecule has 4 heteroatoms. The molecule has 0 aliphatic heterocycles. The topological polar surface area (TPSA) is 54.3 Å². The zero-order chi connectivity index (χ0) is 17.0. The van der Waals surface area contributed by atoms with Crippen molar-refractivity contribution in [1.29, 1.82) is 5.26 Å². The van der Waals surface area contributed by atoms with Crippen LogP contribution in [0.25, 0.3) is 0 Å². The normalized spacial score (nSPS) is 10.2. The Hall–Kier alpha value is -2.51. The number of hydrogen-bond donors (Lipinski definition) is 1. The maximum atomic E-state index is 8.51. The Bertz CT molecular complexity index is 665. The fraction of sp³-hybridized carbons (Fsp3) is 0.350. The molecule has 0 fully saturated rings. The lowest BCUT2D eigenvalue weighted by Gasteiger charge is -2.10. The van der Waals surface area contributed by atoms with Crippen LogP contribution in [0.4, 0.5) is 0 Å². The summed E-state index contributed by atoms with van der Waals surface area (Å²) in [5.41, 5.74) is 2.32. The second-order valence-electron chi connectivity index (χ2n) is 5.55. The molecule has 2 aromatic carbocycles. The van der Waals surface area contributed by atoms with E-state index in [0.717, 1.165) is 36.6 Å². The Labute approximate surface area is 144 Å². The molecule has 0 aromatic heterocycles. The van der Waals surface area contributed by atoms with E-state index >= 15 is 0 Å². The van der Waals surface area contributed by atoms with E-state index in [-0.39, 0.29) is 0 Å². The summed E-state index contributed by atoms with van der Waals surface area (Å²) >= 11 is 0. The van der Waals surface area contributed by atoms with Gasteiger partial charge >= 0.3 is 0 Å². The number of nitrogens with zero attached hydrogens (tertiary/aromatic N) is 1. The quantitative estimate of drug-likeness (QED) is 0.675. The summed E-state index contributed by atoms with van der Waals surface area (Å²) in [6, 6.07) is 18.2. The predicted octanol–water partition coefficient (Wildman–Crippen LogP) is 3.85. The summed E-state index contributed by atoms with van der Waals surface area (Å²) < 4.78 is 11.4. The number of aryl methyl sites for hydroxylation is 1. The van der Waals surface area contributed by atoms with Crippen molar-refractivity contribution in [2.75, 3.05) is 19.8 Å². The van der Waals surface area contributed by atoms with Gasteiger partial charge in [-0.3, -0.25) is 0 Å². The first kappa shape index (κ1) is 17.8. The van der Waals surface area contributed by atoms with Gasteiger partial charge in [-0.25, -0.2) is 0 Å². The molecular weight excluding hydrogens is 300 g/mol. The average molecular weight is 324 g/mol. The molecule has 0 saturated carbocycles. The van der Waals surface area contributed by atoms with E-state index in [1.165, 1.54) is 5.56 Å². The third-order valence-corrected chi connectivity index (χ3v) is 3.56. The first-order valence-corrected chi connectivity index (χ1v) is 8.27. The highest BCUT2D eigenvalue weighted by molar-refractivity contribution is 5.31. The summed E-state index contributed by atoms with van der Waals surface area (Å²) in [4.78, 5) is 0. The molecule has 0 spiro atoms. The highest BCUT2D eigenvalue weighted by Crippen LogP contribution is 2.16. The maximum Gasteiger partial charge on any atom is 0.122 e. The van der Waals surface area contributed by atoms with Crippen LogP contribution < -0.4 is 14.8 Å². The number of ether oxygens (including phenoxy) is 2. The lowest BCUT2D eigenvalue weighted by molar-refractivity contribution is 0.309. The molecule has 0 amide bonds. The number of unbranched alkanes of at least 4 members (excludes halogenated alkanes) is 1. The number of hydrogen-bond acceptors (Lipinski definition) is 4. The molecule has 126 valence electrons. The van der Waals surface area contributed by atoms with Crippen molar-refractivity contribution in [2.45, 2.75) is 26.3 Å². The fourth-order valence-electron chi connectivity index (χ4n) is 2.27. The van der Waals surface area contributed by atoms with Gasteiger partial charge in [0, 0.05) is 19.5 Å². The molecule has 1 N–H and O–H groups in total. The zero-order valence-electron chi connectivity index (χ0n) is 14.1. The minimum atomic E-state index is 0.530. The van der Waals surface area contributed by atoms with Gasteiger partial charge in [-0.1, -0.05) is 30.3 Å². The summed E-state index contributed by atoms with van der Waals surface area (Å²) in [5.74, 6) is 1.79. The maximum absolute atomic E-state index is 8.51. The lowest BCUT2D eigenvalue weighted by Crippen LogP contribution is -2.20. The Morgan fingerprint density at radius 1 is 1.04 bits per heavy atom. The number of nitrogens with one attached hydrogen (secondary N) is 1. The van der Waals surface area contributed by atoms with Gasteiger partial charge < -0.3 is 14.8 Å². The molecule has 0 radical (unpaired) electrons. The first-order chi connectivity index (χ1) is 11.8. The molecule has 0 aliphatic carbocycles. The van der Waals surface area contributed by atoms with Gasteiger partial charge in [0.15, 0.2) is 0 Å². The van der Waals surface area contributed by atoms with E-state index < -0.39 is 0 Å². The third-order valence-electron chi connectivity index (χ3n) is 3.56. The van der Waals surface area contributed by atoms with Gasteiger partial charge in [0.1, 0.15) is 18.1 Å². The van der Waals surface area contributed by atoms with Crippen LogP contribution in [0.5, 0.6) is 11.5 Å². The van der Waals surface area contributed by atoms with Crippen molar-refractivity contribution >= 4 is 0 Å². The third kappa shape index (κ3) is 6.31. The van der Waals surface area contributed by atoms with Crippen LogP contribution in [0.3, 0.4) is 0 Å². The number of para-hydroxylation sites is 1. The molecule has 2 aromatic rings. The minimum absolute atomic E-state index is 0.530. The minimum Gasteiger partial charge on any atom is -0.494 e. The highest BCUT2D eigenvalue weighted by Gasteiger charge is 1.99. The number of nitriles is 1. The van der Waals surface area contributed by atoms with E-state index in [1.807, 2.05) is 49.4 Å². The molecule has 0 unspecified atom stereocenters. The Morgan fingerprint density at radius 3 is 2.75 bits per heavy atom. The molecule has 0 atom stereocenters. The van der Waals surface area contributed by atoms with Gasteiger partial charge in [0.25, 0.3) is 0 Å². The summed E-state index contributed by atoms with van der Waals surface area (Å²) in [6.07, 6.45) is 1.29. The van der Waals surface area contributed by atoms with Crippen molar-refractivity contribution in [3.05, 3.63) is 59.7 Å². The van der Waals surface area contributed by atoms with Crippen molar-refractivity contribution in [3.8, 4) is 17.6 Å². The molecule has 4 nitrogen and oxygen atoms in total. The first-order valence-electron chi connectivity index (χ1n) is 8.27. The monoisotopic (exact) mass is 324 g/mol. The van der Waals surface area contributed by atoms with Crippen LogP contribution in [0, 0.1) is 18.3 Å². The summed E-state index contributed by atoms with van der Waals surface area (Å²) in [5, 5.41) is 11.9. The smallest absolute Gasteiger partial charge is 0.122 e. The Balaban J connectivity index is 1.67. The van der Waals surface area contributed by atoms with Crippen LogP contribution in [0.1, 0.15) is 24.0 Å². The standard InChI is InChI=1S/C20H24N2O2/c1-17-7-2-3-10-20(17)24-14-12-22-16-18-8-6-9-19(15-18)23-13-5-4-11-21/h2-3,6-10,15,22H,4-5,12-14,16H2,1H3. The van der Waals surface area contributed by atoms with Crippen molar-refractivity contribution in [2.24, 2.45) is 0 Å². The van der Waals surface area contributed by atoms with Crippen LogP contribution >= 0.6 is 0 Å². The molecule has 0 bridgehead atoms. The van der Waals surface area contributed by atoms with Gasteiger partial charge in [0.2, 0.25) is 0 Å². The van der Waals surface area contributed by atoms with Crippen molar-refractivity contribution in [3.63, 3.8) is 0 Å². The average Bonchev–Trinajstić information content (AvgIpc) is 2.60. The molecule has 24 heavy (non-hydrogen) atoms. The summed E-state index contributed by atoms with van der Waals surface area (Å²) in [7, 11) is 0. The number of benzene rings is 2. The largest absolute Gasteiger partial charge is 0.494 e. The lowest BCUT2D eigenvalue weighted by atomic mass is 10.2. The number of rotatable bonds is 10. The second-order valence-corrected chi connectivity index (χ2v) is 5.55. The Kier molecular flexibility index (Phi) is 7.66. The van der Waals surface area contributed by atoms with Crippen LogP contribution in [0.15, 0.2) is 48.5 Å². The van der Waals surface area contributed by atoms with Crippen LogP contribution in [0.2, 0.25) is 0 Å². The Morgan fingerprint density at radius 2 is 1.92 bits per heavy atom. The van der Waals surface area contributed by atoms with Crippen molar-refractivity contribution in [1.82, 2.24) is 5.32 Å². The van der Waals surface area contributed by atoms with E-state index in [0.29, 0.717) is 19.6 Å². The molecular formula is C20H24N2O2. The van der Waals surface area contributed by atoms with Crippen molar-refractivity contribution < 1.29 is 9.47 Å². The molecule has 0 saturated heterocycles. The van der Waals surface area contributed by atoms with E-state index in [2.05, 4.69) is 17.5 Å². The fourth-order valence-corrected chi connectivity index (χ4v) is 2.27. The molecule has 0 heterocycles. The molecule has 0 aliphatic rings. The second kappa shape index (κ2) is 10.3. The predicted molar refractivity (Wildman–Crippen MR) is 95.2 cm³/mol. The van der Waals surface area contributed by atoms with Crippen LogP contribution in [-0.2, 0) is 6.54 Å². The molecule has 2 rings (SSSR count). The van der Waals surface area contributed by atoms with Gasteiger partial charge in [-0.05, 0) is 42.7 Å². The summed E-state index contributed by atoms with van der Waals surface area (Å²) in [6.45, 7) is 4.81. The zero-order valence-corrected chi connectivity index (χ0v) is 14.1. The van der Waals surface area contributed by atoms with Gasteiger partial charge in [-0.15, -0.1) is 0 Å². The van der Waals surface area contributed by atoms with Gasteiger partial charge in [0.05, 0.1) is 12.7 Å². The highest BCUT2D eigenvalue weighted by atomic mass is 16.5. The van der Waals surface area contributed by atoms with E-state index in [9.17, 15) is 0 Å². The SMILES string of the molecule is Cc1ccccc1OCCNCc1cccc(OCCCC#N)c1. The van der Waals surface area contributed by atoms with Gasteiger partial charge in [-0.2, -0.15) is 5.26 Å². The van der Waals surface area contributed by atoms with E-state index in [1.54, 1.807) is 0 Å². The van der Waals surface area contributed by atoms with E-state index in [4.69, 9.17) is 14.7 Å². The van der Waals surface area contributed by atoms with Crippen LogP contribution in [-0.4, -0.2) is 19.8 Å².